The lowest BCUT2D eigenvalue weighted by Crippen LogP contribution is -2.37. The summed E-state index contributed by atoms with van der Waals surface area (Å²) in [6, 6.07) is 0. The number of esters is 1. The molecule has 102 valence electrons. The van der Waals surface area contributed by atoms with Crippen LogP contribution in [-0.4, -0.2) is 26.0 Å². The Hall–Kier alpha value is -1.06. The van der Waals surface area contributed by atoms with Crippen LogP contribution in [0.15, 0.2) is 0 Å². The summed E-state index contributed by atoms with van der Waals surface area (Å²) in [7, 11) is 1.39. The first kappa shape index (κ1) is 18.3. The number of hydrogen-bond acceptors (Lipinski definition) is 3. The zero-order chi connectivity index (χ0) is 14.1. The molecule has 4 nitrogen and oxygen atoms in total. The SMILES string of the molecule is CC.COC(=O)C(C)(C)CC(C)(C)CNC=O. The molecule has 0 saturated heterocycles. The fraction of sp³-hybridized carbons (Fsp3) is 0.846. The van der Waals surface area contributed by atoms with Crippen LogP contribution in [0.5, 0.6) is 0 Å². The highest BCUT2D eigenvalue weighted by Gasteiger charge is 2.35. The van der Waals surface area contributed by atoms with Crippen molar-refractivity contribution in [2.45, 2.75) is 48.0 Å². The number of carbonyl (C=O) groups excluding carboxylic acids is 2. The average molecular weight is 245 g/mol. The lowest BCUT2D eigenvalue weighted by atomic mass is 9.75. The molecule has 1 amide bonds. The van der Waals surface area contributed by atoms with Crippen LogP contribution in [-0.2, 0) is 14.3 Å². The molecule has 0 spiro atoms. The molecule has 0 saturated carbocycles. The lowest BCUT2D eigenvalue weighted by Gasteiger charge is -2.32. The number of ether oxygens (including phenoxy) is 1. The molecule has 0 heterocycles. The quantitative estimate of drug-likeness (QED) is 0.577. The van der Waals surface area contributed by atoms with Gasteiger partial charge >= 0.3 is 5.97 Å². The molecular formula is C13H27NO3. The van der Waals surface area contributed by atoms with Gasteiger partial charge in [0.1, 0.15) is 0 Å². The molecule has 1 N–H and O–H groups in total. The topological polar surface area (TPSA) is 55.4 Å². The first-order valence-corrected chi connectivity index (χ1v) is 6.01. The van der Waals surface area contributed by atoms with Gasteiger partial charge in [0.05, 0.1) is 12.5 Å². The van der Waals surface area contributed by atoms with Crippen molar-refractivity contribution >= 4 is 12.4 Å². The first-order chi connectivity index (χ1) is 7.75. The number of methoxy groups -OCH3 is 1. The fourth-order valence-corrected chi connectivity index (χ4v) is 1.93. The van der Waals surface area contributed by atoms with Gasteiger partial charge in [0.25, 0.3) is 0 Å². The Bertz CT molecular complexity index is 235. The summed E-state index contributed by atoms with van der Waals surface area (Å²) in [6.07, 6.45) is 1.33. The Kier molecular flexibility index (Phi) is 8.72. The summed E-state index contributed by atoms with van der Waals surface area (Å²) in [5.41, 5.74) is -0.651. The van der Waals surface area contributed by atoms with Gasteiger partial charge in [-0.3, -0.25) is 9.59 Å². The van der Waals surface area contributed by atoms with E-state index in [9.17, 15) is 9.59 Å². The molecule has 17 heavy (non-hydrogen) atoms. The van der Waals surface area contributed by atoms with Crippen LogP contribution >= 0.6 is 0 Å². The van der Waals surface area contributed by atoms with Gasteiger partial charge < -0.3 is 10.1 Å². The van der Waals surface area contributed by atoms with Gasteiger partial charge in [-0.05, 0) is 25.7 Å². The van der Waals surface area contributed by atoms with Crippen molar-refractivity contribution in [2.24, 2.45) is 10.8 Å². The van der Waals surface area contributed by atoms with Crippen LogP contribution in [0.1, 0.15) is 48.0 Å². The van der Waals surface area contributed by atoms with Gasteiger partial charge in [-0.1, -0.05) is 27.7 Å². The van der Waals surface area contributed by atoms with Crippen molar-refractivity contribution in [3.05, 3.63) is 0 Å². The van der Waals surface area contributed by atoms with Gasteiger partial charge in [0.15, 0.2) is 0 Å². The Morgan fingerprint density at radius 3 is 2.06 bits per heavy atom. The fourth-order valence-electron chi connectivity index (χ4n) is 1.93. The summed E-state index contributed by atoms with van der Waals surface area (Å²) in [5, 5.41) is 2.64. The molecule has 4 heteroatoms. The predicted molar refractivity (Wildman–Crippen MR) is 69.6 cm³/mol. The number of nitrogens with one attached hydrogen (secondary N) is 1. The second kappa shape index (κ2) is 8.09. The normalized spacial score (nSPS) is 11.0. The lowest BCUT2D eigenvalue weighted by molar-refractivity contribution is -0.152. The second-order valence-electron chi connectivity index (χ2n) is 5.22. The van der Waals surface area contributed by atoms with Gasteiger partial charge in [0.2, 0.25) is 6.41 Å². The number of hydrogen-bond donors (Lipinski definition) is 1. The third-order valence-corrected chi connectivity index (χ3v) is 2.32. The largest absolute Gasteiger partial charge is 0.469 e. The van der Waals surface area contributed by atoms with Gasteiger partial charge in [-0.2, -0.15) is 0 Å². The zero-order valence-corrected chi connectivity index (χ0v) is 12.2. The van der Waals surface area contributed by atoms with E-state index in [-0.39, 0.29) is 11.4 Å². The highest BCUT2D eigenvalue weighted by Crippen LogP contribution is 2.33. The summed E-state index contributed by atoms with van der Waals surface area (Å²) in [5.74, 6) is -0.221. The summed E-state index contributed by atoms with van der Waals surface area (Å²) in [4.78, 5) is 21.7. The Labute approximate surface area is 105 Å². The highest BCUT2D eigenvalue weighted by molar-refractivity contribution is 5.75. The summed E-state index contributed by atoms with van der Waals surface area (Å²) >= 11 is 0. The molecule has 0 unspecified atom stereocenters. The standard InChI is InChI=1S/C11H21NO3.C2H6/c1-10(2,7-12-8-13)6-11(3,4)9(14)15-5;1-2/h8H,6-7H2,1-5H3,(H,12,13);1-2H3. The Balaban J connectivity index is 0. The van der Waals surface area contributed by atoms with Crippen molar-refractivity contribution in [1.82, 2.24) is 5.32 Å². The van der Waals surface area contributed by atoms with E-state index in [1.807, 2.05) is 41.5 Å². The van der Waals surface area contributed by atoms with E-state index in [1.54, 1.807) is 0 Å². The molecule has 0 bridgehead atoms. The highest BCUT2D eigenvalue weighted by atomic mass is 16.5. The van der Waals surface area contributed by atoms with E-state index in [2.05, 4.69) is 5.32 Å². The Morgan fingerprint density at radius 2 is 1.71 bits per heavy atom. The predicted octanol–water partition coefficient (Wildman–Crippen LogP) is 2.37. The van der Waals surface area contributed by atoms with E-state index in [1.165, 1.54) is 7.11 Å². The van der Waals surface area contributed by atoms with E-state index in [0.29, 0.717) is 19.4 Å². The van der Waals surface area contributed by atoms with Crippen LogP contribution in [0.25, 0.3) is 0 Å². The minimum atomic E-state index is -0.525. The van der Waals surface area contributed by atoms with E-state index in [4.69, 9.17) is 4.74 Å². The van der Waals surface area contributed by atoms with Crippen LogP contribution in [0.4, 0.5) is 0 Å². The molecular weight excluding hydrogens is 218 g/mol. The molecule has 0 aromatic carbocycles. The van der Waals surface area contributed by atoms with Crippen molar-refractivity contribution < 1.29 is 14.3 Å². The second-order valence-corrected chi connectivity index (χ2v) is 5.22. The van der Waals surface area contributed by atoms with Crippen molar-refractivity contribution in [3.8, 4) is 0 Å². The molecule has 0 atom stereocenters. The van der Waals surface area contributed by atoms with Gasteiger partial charge in [0, 0.05) is 6.54 Å². The van der Waals surface area contributed by atoms with Crippen molar-refractivity contribution in [1.29, 1.82) is 0 Å². The molecule has 0 aromatic heterocycles. The van der Waals surface area contributed by atoms with E-state index < -0.39 is 5.41 Å². The van der Waals surface area contributed by atoms with E-state index >= 15 is 0 Å². The maximum absolute atomic E-state index is 11.5. The number of amides is 1. The molecule has 0 aliphatic heterocycles. The Morgan fingerprint density at radius 1 is 1.24 bits per heavy atom. The third-order valence-electron chi connectivity index (χ3n) is 2.32. The minimum absolute atomic E-state index is 0.126. The number of rotatable bonds is 6. The smallest absolute Gasteiger partial charge is 0.311 e. The van der Waals surface area contributed by atoms with Crippen molar-refractivity contribution in [2.75, 3.05) is 13.7 Å². The molecule has 0 aliphatic carbocycles. The molecule has 0 aromatic rings. The molecule has 0 aliphatic rings. The van der Waals surface area contributed by atoms with Crippen LogP contribution in [0, 0.1) is 10.8 Å². The maximum Gasteiger partial charge on any atom is 0.311 e. The molecule has 0 radical (unpaired) electrons. The van der Waals surface area contributed by atoms with Crippen LogP contribution in [0.3, 0.4) is 0 Å². The summed E-state index contributed by atoms with van der Waals surface area (Å²) in [6.45, 7) is 12.3. The average Bonchev–Trinajstić information content (AvgIpc) is 2.26. The number of carbonyl (C=O) groups is 2. The monoisotopic (exact) mass is 245 g/mol. The maximum atomic E-state index is 11.5. The van der Waals surface area contributed by atoms with Crippen LogP contribution < -0.4 is 5.32 Å². The third kappa shape index (κ3) is 7.77. The first-order valence-electron chi connectivity index (χ1n) is 6.01. The molecule has 0 rings (SSSR count). The van der Waals surface area contributed by atoms with E-state index in [0.717, 1.165) is 0 Å². The van der Waals surface area contributed by atoms with Crippen molar-refractivity contribution in [3.63, 3.8) is 0 Å². The molecule has 0 fully saturated rings. The zero-order valence-electron chi connectivity index (χ0n) is 12.2. The minimum Gasteiger partial charge on any atom is -0.469 e. The summed E-state index contributed by atoms with van der Waals surface area (Å²) < 4.78 is 4.74. The van der Waals surface area contributed by atoms with Crippen LogP contribution in [0.2, 0.25) is 0 Å². The van der Waals surface area contributed by atoms with Gasteiger partial charge in [-0.25, -0.2) is 0 Å². The van der Waals surface area contributed by atoms with Gasteiger partial charge in [-0.15, -0.1) is 0 Å².